The number of hydroxylamine groups is 2. The summed E-state index contributed by atoms with van der Waals surface area (Å²) >= 11 is 0. The molecule has 4 heterocycles. The van der Waals surface area contributed by atoms with Crippen molar-refractivity contribution in [2.24, 2.45) is 5.92 Å². The van der Waals surface area contributed by atoms with E-state index >= 15 is 0 Å². The molecule has 2 fully saturated rings. The van der Waals surface area contributed by atoms with Gasteiger partial charge in [-0.1, -0.05) is 12.1 Å². The number of carbonyl (C=O) groups is 3. The number of nitrogens with zero attached hydrogens (tertiary/aromatic N) is 2. The summed E-state index contributed by atoms with van der Waals surface area (Å²) in [6.07, 6.45) is 0.192. The zero-order valence-electron chi connectivity index (χ0n) is 19.3. The molecule has 188 valence electrons. The standard InChI is InChI=1S/C25H24N2O9/c28-22-5-6-23(29)27(22)36-24(30)26-9-7-15(8-10-26)25(31,16-1-3-18-20(11-16)34-13-32-18)17-2-4-19-21(12-17)35-14-33-19/h1-4,11-12,15,31H,5-10,13-14H2. The molecule has 0 bridgehead atoms. The van der Waals surface area contributed by atoms with E-state index in [-0.39, 0.29) is 45.4 Å². The summed E-state index contributed by atoms with van der Waals surface area (Å²) in [4.78, 5) is 42.7. The van der Waals surface area contributed by atoms with Crippen LogP contribution in [0.2, 0.25) is 0 Å². The first kappa shape index (κ1) is 22.5. The molecule has 6 rings (SSSR count). The van der Waals surface area contributed by atoms with Crippen molar-refractivity contribution in [3.8, 4) is 23.0 Å². The fourth-order valence-electron chi connectivity index (χ4n) is 5.18. The van der Waals surface area contributed by atoms with Crippen LogP contribution in [0, 0.1) is 5.92 Å². The van der Waals surface area contributed by atoms with E-state index in [0.717, 1.165) is 0 Å². The van der Waals surface area contributed by atoms with Crippen LogP contribution in [0.5, 0.6) is 23.0 Å². The lowest BCUT2D eigenvalue weighted by molar-refractivity contribution is -0.174. The van der Waals surface area contributed by atoms with Crippen LogP contribution in [0.1, 0.15) is 36.8 Å². The van der Waals surface area contributed by atoms with Gasteiger partial charge in [-0.2, -0.15) is 0 Å². The van der Waals surface area contributed by atoms with Gasteiger partial charge in [0, 0.05) is 25.9 Å². The van der Waals surface area contributed by atoms with E-state index in [1.54, 1.807) is 24.3 Å². The largest absolute Gasteiger partial charge is 0.454 e. The molecule has 4 aliphatic rings. The molecule has 4 aliphatic heterocycles. The number of hydrogen-bond acceptors (Lipinski definition) is 9. The van der Waals surface area contributed by atoms with E-state index < -0.39 is 23.5 Å². The fraction of sp³-hybridized carbons (Fsp3) is 0.400. The summed E-state index contributed by atoms with van der Waals surface area (Å²) in [5.41, 5.74) is -0.182. The maximum Gasteiger partial charge on any atom is 0.434 e. The lowest BCUT2D eigenvalue weighted by atomic mass is 9.72. The Morgan fingerprint density at radius 2 is 1.33 bits per heavy atom. The number of hydrogen-bond donors (Lipinski definition) is 1. The second-order valence-electron chi connectivity index (χ2n) is 9.10. The molecule has 2 saturated heterocycles. The van der Waals surface area contributed by atoms with Gasteiger partial charge in [0.05, 0.1) is 0 Å². The van der Waals surface area contributed by atoms with Gasteiger partial charge < -0.3 is 33.8 Å². The molecule has 1 N–H and O–H groups in total. The van der Waals surface area contributed by atoms with Crippen molar-refractivity contribution in [2.75, 3.05) is 26.7 Å². The van der Waals surface area contributed by atoms with E-state index in [2.05, 4.69) is 0 Å². The lowest BCUT2D eigenvalue weighted by Crippen LogP contribution is -2.47. The molecule has 0 aromatic heterocycles. The van der Waals surface area contributed by atoms with E-state index in [4.69, 9.17) is 23.8 Å². The maximum absolute atomic E-state index is 12.6. The Morgan fingerprint density at radius 1 is 0.833 bits per heavy atom. The Bertz CT molecular complexity index is 1160. The van der Waals surface area contributed by atoms with Crippen molar-refractivity contribution >= 4 is 17.9 Å². The number of likely N-dealkylation sites (tertiary alicyclic amines) is 1. The van der Waals surface area contributed by atoms with Crippen molar-refractivity contribution in [3.05, 3.63) is 47.5 Å². The van der Waals surface area contributed by atoms with Crippen LogP contribution < -0.4 is 18.9 Å². The summed E-state index contributed by atoms with van der Waals surface area (Å²) in [6, 6.07) is 10.7. The van der Waals surface area contributed by atoms with Crippen molar-refractivity contribution < 1.29 is 43.3 Å². The van der Waals surface area contributed by atoms with Crippen LogP contribution in [-0.2, 0) is 20.0 Å². The SMILES string of the molecule is O=C(ON1C(=O)CCC1=O)N1CCC(C(O)(c2ccc3c(c2)OCO3)c2ccc3c(c2)OCO3)CC1. The van der Waals surface area contributed by atoms with Gasteiger partial charge in [-0.05, 0) is 54.2 Å². The Hall–Kier alpha value is -3.99. The number of aliphatic hydroxyl groups is 1. The first-order valence-electron chi connectivity index (χ1n) is 11.8. The van der Waals surface area contributed by atoms with Crippen molar-refractivity contribution in [1.29, 1.82) is 0 Å². The van der Waals surface area contributed by atoms with E-state index in [9.17, 15) is 19.5 Å². The molecule has 0 unspecified atom stereocenters. The zero-order valence-corrected chi connectivity index (χ0v) is 19.3. The second-order valence-corrected chi connectivity index (χ2v) is 9.10. The summed E-state index contributed by atoms with van der Waals surface area (Å²) in [5.74, 6) is 0.981. The number of imide groups is 1. The van der Waals surface area contributed by atoms with E-state index in [1.807, 2.05) is 12.1 Å². The molecular weight excluding hydrogens is 472 g/mol. The van der Waals surface area contributed by atoms with E-state index in [1.165, 1.54) is 4.90 Å². The molecule has 2 aromatic carbocycles. The minimum Gasteiger partial charge on any atom is -0.454 e. The summed E-state index contributed by atoms with van der Waals surface area (Å²) in [7, 11) is 0. The Balaban J connectivity index is 1.26. The van der Waals surface area contributed by atoms with Gasteiger partial charge in [0.1, 0.15) is 5.60 Å². The second kappa shape index (κ2) is 8.59. The Kier molecular flexibility index (Phi) is 5.36. The number of carbonyl (C=O) groups excluding carboxylic acids is 3. The molecule has 0 radical (unpaired) electrons. The first-order valence-corrected chi connectivity index (χ1v) is 11.8. The smallest absolute Gasteiger partial charge is 0.434 e. The fourth-order valence-corrected chi connectivity index (χ4v) is 5.18. The highest BCUT2D eigenvalue weighted by atomic mass is 16.7. The minimum absolute atomic E-state index is 0.0340. The number of benzene rings is 2. The molecule has 3 amide bonds. The summed E-state index contributed by atoms with van der Waals surface area (Å²) < 4.78 is 22.0. The highest BCUT2D eigenvalue weighted by Gasteiger charge is 2.44. The van der Waals surface area contributed by atoms with Crippen molar-refractivity contribution in [3.63, 3.8) is 0 Å². The predicted octanol–water partition coefficient (Wildman–Crippen LogP) is 2.29. The first-order chi connectivity index (χ1) is 17.4. The summed E-state index contributed by atoms with van der Waals surface area (Å²) in [5, 5.41) is 12.9. The molecule has 0 spiro atoms. The number of fused-ring (bicyclic) bond motifs is 2. The molecule has 11 nitrogen and oxygen atoms in total. The highest BCUT2D eigenvalue weighted by molar-refractivity contribution is 6.01. The molecule has 11 heteroatoms. The average molecular weight is 496 g/mol. The molecule has 0 aliphatic carbocycles. The average Bonchev–Trinajstić information content (AvgIpc) is 3.64. The quantitative estimate of drug-likeness (QED) is 0.635. The van der Waals surface area contributed by atoms with Crippen LogP contribution >= 0.6 is 0 Å². The lowest BCUT2D eigenvalue weighted by Gasteiger charge is -2.42. The topological polar surface area (TPSA) is 124 Å². The predicted molar refractivity (Wildman–Crippen MR) is 120 cm³/mol. The molecule has 0 atom stereocenters. The Labute approximate surface area is 206 Å². The van der Waals surface area contributed by atoms with E-state index in [0.29, 0.717) is 52.0 Å². The van der Waals surface area contributed by atoms with Crippen LogP contribution in [0.25, 0.3) is 0 Å². The molecular formula is C25H24N2O9. The monoisotopic (exact) mass is 496 g/mol. The van der Waals surface area contributed by atoms with Gasteiger partial charge in [-0.3, -0.25) is 9.59 Å². The van der Waals surface area contributed by atoms with Crippen molar-refractivity contribution in [2.45, 2.75) is 31.3 Å². The van der Waals surface area contributed by atoms with Crippen LogP contribution in [0.15, 0.2) is 36.4 Å². The van der Waals surface area contributed by atoms with Gasteiger partial charge in [0.25, 0.3) is 11.8 Å². The maximum atomic E-state index is 12.6. The van der Waals surface area contributed by atoms with Gasteiger partial charge in [0.15, 0.2) is 23.0 Å². The third-order valence-corrected chi connectivity index (χ3v) is 7.14. The van der Waals surface area contributed by atoms with Crippen LogP contribution in [-0.4, -0.2) is 59.7 Å². The molecule has 36 heavy (non-hydrogen) atoms. The summed E-state index contributed by atoms with van der Waals surface area (Å²) in [6.45, 7) is 0.780. The number of ether oxygens (including phenoxy) is 4. The van der Waals surface area contributed by atoms with Crippen molar-refractivity contribution in [1.82, 2.24) is 9.96 Å². The Morgan fingerprint density at radius 3 is 1.86 bits per heavy atom. The number of rotatable bonds is 4. The van der Waals surface area contributed by atoms with Gasteiger partial charge >= 0.3 is 6.09 Å². The third kappa shape index (κ3) is 3.67. The zero-order chi connectivity index (χ0) is 24.9. The molecule has 0 saturated carbocycles. The number of amides is 3. The van der Waals surface area contributed by atoms with Crippen LogP contribution in [0.3, 0.4) is 0 Å². The third-order valence-electron chi connectivity index (χ3n) is 7.14. The van der Waals surface area contributed by atoms with Crippen LogP contribution in [0.4, 0.5) is 4.79 Å². The minimum atomic E-state index is -1.43. The van der Waals surface area contributed by atoms with Gasteiger partial charge in [0.2, 0.25) is 13.6 Å². The number of piperidine rings is 1. The normalized spacial score (nSPS) is 19.2. The van der Waals surface area contributed by atoms with Gasteiger partial charge in [-0.25, -0.2) is 4.79 Å². The molecule has 2 aromatic rings. The van der Waals surface area contributed by atoms with Gasteiger partial charge in [-0.15, -0.1) is 5.06 Å². The highest BCUT2D eigenvalue weighted by Crippen LogP contribution is 2.47.